The number of fused-ring (bicyclic) bond motifs is 1. The van der Waals surface area contributed by atoms with E-state index in [0.29, 0.717) is 17.5 Å². The third-order valence-corrected chi connectivity index (χ3v) is 4.13. The Labute approximate surface area is 145 Å². The molecule has 3 rings (SSSR count). The molecule has 0 fully saturated rings. The number of hydrogen-bond acceptors (Lipinski definition) is 4. The molecule has 1 radical (unpaired) electrons. The molecule has 2 aromatic rings. The molecule has 6 nitrogen and oxygen atoms in total. The van der Waals surface area contributed by atoms with Gasteiger partial charge in [0.1, 0.15) is 6.17 Å². The second-order valence-corrected chi connectivity index (χ2v) is 6.49. The summed E-state index contributed by atoms with van der Waals surface area (Å²) in [7, 11) is 0. The van der Waals surface area contributed by atoms with E-state index in [1.165, 1.54) is 16.8 Å². The Kier molecular flexibility index (Phi) is 4.92. The minimum absolute atomic E-state index is 0.0545. The first-order valence-corrected chi connectivity index (χ1v) is 8.28. The molecule has 0 spiro atoms. The molecule has 0 bridgehead atoms. The van der Waals surface area contributed by atoms with Crippen molar-refractivity contribution >= 4 is 17.6 Å². The molecule has 2 heterocycles. The van der Waals surface area contributed by atoms with Crippen molar-refractivity contribution in [2.45, 2.75) is 45.8 Å². The first kappa shape index (κ1) is 17.3. The van der Waals surface area contributed by atoms with E-state index >= 15 is 0 Å². The lowest BCUT2D eigenvalue weighted by molar-refractivity contribution is 0.0925. The Bertz CT molecular complexity index is 752. The number of nitrogens with zero attached hydrogens (tertiary/aromatic N) is 4. The second kappa shape index (κ2) is 7.13. The Morgan fingerprint density at radius 2 is 1.80 bits per heavy atom. The van der Waals surface area contributed by atoms with Gasteiger partial charge in [0.05, 0.1) is 23.9 Å². The topological polar surface area (TPSA) is 68.1 Å². The summed E-state index contributed by atoms with van der Waals surface area (Å²) in [6.45, 7) is 4.11. The minimum Gasteiger partial charge on any atom is -0.268 e. The molecular formula is C18H20FN4O2. The number of alkyl halides is 1. The van der Waals surface area contributed by atoms with Crippen LogP contribution in [0.4, 0.5) is 10.2 Å². The van der Waals surface area contributed by atoms with Crippen LogP contribution in [0, 0.1) is 5.92 Å². The van der Waals surface area contributed by atoms with Crippen LogP contribution in [0.1, 0.15) is 53.8 Å². The van der Waals surface area contributed by atoms with Gasteiger partial charge in [0.15, 0.2) is 5.82 Å². The number of benzene rings is 1. The molecule has 1 aliphatic heterocycles. The van der Waals surface area contributed by atoms with E-state index in [2.05, 4.69) is 10.3 Å². The van der Waals surface area contributed by atoms with Crippen molar-refractivity contribution in [3.8, 4) is 0 Å². The van der Waals surface area contributed by atoms with E-state index in [1.54, 1.807) is 24.3 Å². The summed E-state index contributed by atoms with van der Waals surface area (Å²) < 4.78 is 15.4. The van der Waals surface area contributed by atoms with Gasteiger partial charge in [-0.1, -0.05) is 31.2 Å². The Balaban J connectivity index is 1.66. The average molecular weight is 343 g/mol. The number of aromatic nitrogens is 3. The van der Waals surface area contributed by atoms with Crippen LogP contribution in [0.15, 0.2) is 30.5 Å². The van der Waals surface area contributed by atoms with Crippen LogP contribution in [0.25, 0.3) is 0 Å². The molecule has 0 aliphatic carbocycles. The summed E-state index contributed by atoms with van der Waals surface area (Å²) in [5, 5.41) is 7.72. The van der Waals surface area contributed by atoms with Crippen LogP contribution in [0.2, 0.25) is 0 Å². The maximum atomic E-state index is 14.0. The largest absolute Gasteiger partial charge is 0.268 e. The maximum Gasteiger partial charge on any atom is 0.267 e. The van der Waals surface area contributed by atoms with E-state index in [-0.39, 0.29) is 12.4 Å². The number of carbonyl (C=O) groups is 2. The summed E-state index contributed by atoms with van der Waals surface area (Å²) in [6.07, 6.45) is 2.51. The van der Waals surface area contributed by atoms with Crippen molar-refractivity contribution in [2.75, 3.05) is 4.90 Å². The third kappa shape index (κ3) is 3.60. The minimum atomic E-state index is -1.05. The average Bonchev–Trinajstić information content (AvgIpc) is 3.11. The quantitative estimate of drug-likeness (QED) is 0.724. The van der Waals surface area contributed by atoms with Crippen LogP contribution in [-0.2, 0) is 6.54 Å². The Morgan fingerprint density at radius 1 is 1.16 bits per heavy atom. The van der Waals surface area contributed by atoms with Gasteiger partial charge >= 0.3 is 0 Å². The SMILES string of the molecule is C[C](C)CCCC(F)Cn1cc(N2C(=O)c3ccccc3C2=O)nn1. The van der Waals surface area contributed by atoms with Gasteiger partial charge in [0, 0.05) is 0 Å². The van der Waals surface area contributed by atoms with Gasteiger partial charge in [0.2, 0.25) is 0 Å². The molecule has 25 heavy (non-hydrogen) atoms. The summed E-state index contributed by atoms with van der Waals surface area (Å²) in [6, 6.07) is 6.61. The predicted octanol–water partition coefficient (Wildman–Crippen LogP) is 3.20. The van der Waals surface area contributed by atoms with Crippen molar-refractivity contribution in [2.24, 2.45) is 0 Å². The molecule has 2 amide bonds. The highest BCUT2D eigenvalue weighted by molar-refractivity contribution is 6.34. The van der Waals surface area contributed by atoms with Crippen LogP contribution >= 0.6 is 0 Å². The summed E-state index contributed by atoms with van der Waals surface area (Å²) in [4.78, 5) is 25.8. The zero-order chi connectivity index (χ0) is 18.0. The van der Waals surface area contributed by atoms with Gasteiger partial charge in [-0.25, -0.2) is 14.0 Å². The first-order valence-electron chi connectivity index (χ1n) is 8.28. The summed E-state index contributed by atoms with van der Waals surface area (Å²) in [5.74, 6) is 0.536. The van der Waals surface area contributed by atoms with Crippen molar-refractivity contribution in [1.29, 1.82) is 0 Å². The molecule has 0 saturated carbocycles. The van der Waals surface area contributed by atoms with E-state index in [1.807, 2.05) is 13.8 Å². The molecule has 131 valence electrons. The summed E-state index contributed by atoms with van der Waals surface area (Å²) in [5.41, 5.74) is 0.688. The van der Waals surface area contributed by atoms with E-state index in [4.69, 9.17) is 0 Å². The van der Waals surface area contributed by atoms with Crippen LogP contribution in [-0.4, -0.2) is 33.0 Å². The van der Waals surface area contributed by atoms with Crippen molar-refractivity contribution in [3.05, 3.63) is 47.5 Å². The number of carbonyl (C=O) groups excluding carboxylic acids is 2. The zero-order valence-electron chi connectivity index (χ0n) is 14.3. The fraction of sp³-hybridized carbons (Fsp3) is 0.389. The maximum absolute atomic E-state index is 14.0. The molecule has 7 heteroatoms. The fourth-order valence-electron chi connectivity index (χ4n) is 2.85. The highest BCUT2D eigenvalue weighted by atomic mass is 19.1. The lowest BCUT2D eigenvalue weighted by atomic mass is 10.0. The van der Waals surface area contributed by atoms with E-state index in [0.717, 1.165) is 17.7 Å². The lowest BCUT2D eigenvalue weighted by Crippen LogP contribution is -2.29. The van der Waals surface area contributed by atoms with Gasteiger partial charge in [-0.05, 0) is 37.3 Å². The van der Waals surface area contributed by atoms with Gasteiger partial charge in [0.25, 0.3) is 11.8 Å². The highest BCUT2D eigenvalue weighted by Gasteiger charge is 2.37. The third-order valence-electron chi connectivity index (χ3n) is 4.13. The number of anilines is 1. The van der Waals surface area contributed by atoms with Gasteiger partial charge in [-0.3, -0.25) is 9.59 Å². The van der Waals surface area contributed by atoms with Gasteiger partial charge < -0.3 is 0 Å². The molecule has 1 unspecified atom stereocenters. The summed E-state index contributed by atoms with van der Waals surface area (Å²) >= 11 is 0. The Morgan fingerprint density at radius 3 is 2.40 bits per heavy atom. The monoisotopic (exact) mass is 343 g/mol. The smallest absolute Gasteiger partial charge is 0.267 e. The van der Waals surface area contributed by atoms with Gasteiger partial charge in [-0.15, -0.1) is 5.10 Å². The van der Waals surface area contributed by atoms with Crippen molar-refractivity contribution in [1.82, 2.24) is 15.0 Å². The standard InChI is InChI=1S/C18H20FN4O2/c1-12(2)6-5-7-13(19)10-22-11-16(20-21-22)23-17(24)14-8-3-4-9-15(14)18(23)25/h3-4,8-9,11,13H,5-7,10H2,1-2H3. The van der Waals surface area contributed by atoms with Crippen molar-refractivity contribution < 1.29 is 14.0 Å². The lowest BCUT2D eigenvalue weighted by Gasteiger charge is -2.10. The number of rotatable bonds is 7. The van der Waals surface area contributed by atoms with E-state index < -0.39 is 18.0 Å². The van der Waals surface area contributed by atoms with Crippen molar-refractivity contribution in [3.63, 3.8) is 0 Å². The molecule has 0 N–H and O–H groups in total. The predicted molar refractivity (Wildman–Crippen MR) is 90.9 cm³/mol. The highest BCUT2D eigenvalue weighted by Crippen LogP contribution is 2.26. The van der Waals surface area contributed by atoms with Gasteiger partial charge in [-0.2, -0.15) is 0 Å². The number of imide groups is 1. The van der Waals surface area contributed by atoms with Crippen LogP contribution < -0.4 is 4.90 Å². The zero-order valence-corrected chi connectivity index (χ0v) is 14.3. The van der Waals surface area contributed by atoms with Crippen LogP contribution in [0.3, 0.4) is 0 Å². The molecular weight excluding hydrogens is 323 g/mol. The molecule has 0 saturated heterocycles. The fourth-order valence-corrected chi connectivity index (χ4v) is 2.85. The molecule has 1 aromatic carbocycles. The number of halogens is 1. The number of amides is 2. The first-order chi connectivity index (χ1) is 12.0. The molecule has 1 aliphatic rings. The normalized spacial score (nSPS) is 15.1. The Hall–Kier alpha value is -2.57. The van der Waals surface area contributed by atoms with E-state index in [9.17, 15) is 14.0 Å². The molecule has 1 atom stereocenters. The molecule has 1 aromatic heterocycles. The van der Waals surface area contributed by atoms with Crippen LogP contribution in [0.5, 0.6) is 0 Å². The second-order valence-electron chi connectivity index (χ2n) is 6.49. The number of hydrogen-bond donors (Lipinski definition) is 0.